The number of fused-ring (bicyclic) bond motifs is 1. The first-order valence-corrected chi connectivity index (χ1v) is 11.0. The summed E-state index contributed by atoms with van der Waals surface area (Å²) in [5.41, 5.74) is 0.700. The molecule has 1 amide bonds. The van der Waals surface area contributed by atoms with Crippen molar-refractivity contribution in [3.63, 3.8) is 0 Å². The number of benzene rings is 2. The molecule has 0 aliphatic rings. The monoisotopic (exact) mass is 468 g/mol. The molecule has 33 heavy (non-hydrogen) atoms. The Morgan fingerprint density at radius 3 is 2.76 bits per heavy atom. The fraction of sp³-hybridized carbons (Fsp3) is 0.217. The molecular formula is C23H21FN4O4S. The van der Waals surface area contributed by atoms with E-state index in [1.165, 1.54) is 40.1 Å². The van der Waals surface area contributed by atoms with Gasteiger partial charge in [-0.2, -0.15) is 9.61 Å². The van der Waals surface area contributed by atoms with E-state index in [2.05, 4.69) is 15.4 Å². The lowest BCUT2D eigenvalue weighted by atomic mass is 10.2. The second-order valence-electron chi connectivity index (χ2n) is 7.46. The van der Waals surface area contributed by atoms with Crippen LogP contribution in [-0.2, 0) is 11.4 Å². The molecular weight excluding hydrogens is 447 g/mol. The lowest BCUT2D eigenvalue weighted by Gasteiger charge is -2.10. The minimum Gasteiger partial charge on any atom is -0.487 e. The molecule has 2 aromatic carbocycles. The van der Waals surface area contributed by atoms with Crippen molar-refractivity contribution in [3.05, 3.63) is 81.5 Å². The Balaban J connectivity index is 1.37. The number of hydrogen-bond acceptors (Lipinski definition) is 7. The highest BCUT2D eigenvalue weighted by Gasteiger charge is 2.12. The number of carbonyl (C=O) groups is 1. The van der Waals surface area contributed by atoms with E-state index in [-0.39, 0.29) is 30.4 Å². The molecule has 0 fully saturated rings. The van der Waals surface area contributed by atoms with E-state index in [4.69, 9.17) is 9.47 Å². The van der Waals surface area contributed by atoms with Crippen LogP contribution in [0.2, 0.25) is 0 Å². The average molecular weight is 469 g/mol. The van der Waals surface area contributed by atoms with Crippen LogP contribution in [0, 0.1) is 5.82 Å². The number of nitrogens with zero attached hydrogens (tertiary/aromatic N) is 3. The maximum atomic E-state index is 13.6. The van der Waals surface area contributed by atoms with Crippen molar-refractivity contribution in [1.29, 1.82) is 0 Å². The molecule has 0 atom stereocenters. The van der Waals surface area contributed by atoms with E-state index in [1.807, 2.05) is 13.8 Å². The summed E-state index contributed by atoms with van der Waals surface area (Å²) in [6.45, 7) is 3.75. The zero-order chi connectivity index (χ0) is 23.4. The van der Waals surface area contributed by atoms with E-state index in [0.717, 1.165) is 5.01 Å². The largest absolute Gasteiger partial charge is 0.487 e. The van der Waals surface area contributed by atoms with Gasteiger partial charge in [0.05, 0.1) is 5.69 Å². The van der Waals surface area contributed by atoms with Gasteiger partial charge in [-0.25, -0.2) is 9.37 Å². The van der Waals surface area contributed by atoms with Crippen LogP contribution < -0.4 is 20.3 Å². The Kier molecular flexibility index (Phi) is 6.64. The molecule has 0 aliphatic carbocycles. The molecule has 0 aliphatic heterocycles. The van der Waals surface area contributed by atoms with E-state index in [9.17, 15) is 14.0 Å². The highest BCUT2D eigenvalue weighted by atomic mass is 32.1. The van der Waals surface area contributed by atoms with Gasteiger partial charge < -0.3 is 14.8 Å². The number of amides is 1. The van der Waals surface area contributed by atoms with E-state index < -0.39 is 11.7 Å². The first-order valence-electron chi connectivity index (χ1n) is 10.2. The van der Waals surface area contributed by atoms with Gasteiger partial charge in [-0.3, -0.25) is 9.59 Å². The third-order valence-electron chi connectivity index (χ3n) is 4.51. The normalized spacial score (nSPS) is 11.0. The van der Waals surface area contributed by atoms with Gasteiger partial charge >= 0.3 is 0 Å². The minimum atomic E-state index is -0.536. The Morgan fingerprint density at radius 2 is 1.97 bits per heavy atom. The third kappa shape index (κ3) is 5.53. The molecule has 170 valence electrons. The van der Waals surface area contributed by atoms with Crippen molar-refractivity contribution in [2.24, 2.45) is 0 Å². The standard InChI is InChI=1S/C23H21FN4O4S/c1-14(2)22-27-28-21(30)11-16(26-23(28)33-22)12-31-17-7-5-6-15(10-17)25-20(29)13-32-19-9-4-3-8-18(19)24/h3-11,14H,12-13H2,1-2H3,(H,25,29). The summed E-state index contributed by atoms with van der Waals surface area (Å²) >= 11 is 1.37. The summed E-state index contributed by atoms with van der Waals surface area (Å²) in [5.74, 6) is -0.290. The minimum absolute atomic E-state index is 0.00608. The predicted octanol–water partition coefficient (Wildman–Crippen LogP) is 4.01. The number of halogens is 1. The fourth-order valence-corrected chi connectivity index (χ4v) is 3.83. The van der Waals surface area contributed by atoms with Crippen LogP contribution in [0.25, 0.3) is 4.96 Å². The summed E-state index contributed by atoms with van der Waals surface area (Å²) < 4.78 is 25.9. The Bertz CT molecular complexity index is 1350. The average Bonchev–Trinajstić information content (AvgIpc) is 3.23. The Labute approximate surface area is 192 Å². The highest BCUT2D eigenvalue weighted by Crippen LogP contribution is 2.21. The zero-order valence-corrected chi connectivity index (χ0v) is 18.8. The van der Waals surface area contributed by atoms with Crippen molar-refractivity contribution < 1.29 is 18.7 Å². The molecule has 0 saturated carbocycles. The van der Waals surface area contributed by atoms with E-state index in [0.29, 0.717) is 22.1 Å². The van der Waals surface area contributed by atoms with Crippen LogP contribution in [0.5, 0.6) is 11.5 Å². The quantitative estimate of drug-likeness (QED) is 0.420. The first kappa shape index (κ1) is 22.4. The second-order valence-corrected chi connectivity index (χ2v) is 8.45. The highest BCUT2D eigenvalue weighted by molar-refractivity contribution is 7.16. The van der Waals surface area contributed by atoms with Crippen LogP contribution in [0.4, 0.5) is 10.1 Å². The molecule has 0 radical (unpaired) electrons. The van der Waals surface area contributed by atoms with Gasteiger partial charge in [0.15, 0.2) is 18.2 Å². The van der Waals surface area contributed by atoms with Crippen molar-refractivity contribution in [1.82, 2.24) is 14.6 Å². The third-order valence-corrected chi connectivity index (χ3v) is 5.72. The molecule has 1 N–H and O–H groups in total. The summed E-state index contributed by atoms with van der Waals surface area (Å²) in [6, 6.07) is 14.0. The number of anilines is 1. The molecule has 0 bridgehead atoms. The maximum Gasteiger partial charge on any atom is 0.275 e. The molecule has 0 saturated heterocycles. The van der Waals surface area contributed by atoms with Gasteiger partial charge in [-0.1, -0.05) is 43.4 Å². The van der Waals surface area contributed by atoms with Gasteiger partial charge in [0.1, 0.15) is 17.4 Å². The van der Waals surface area contributed by atoms with Crippen molar-refractivity contribution >= 4 is 27.9 Å². The summed E-state index contributed by atoms with van der Waals surface area (Å²) in [5, 5.41) is 7.81. The molecule has 0 spiro atoms. The van der Waals surface area contributed by atoms with Crippen molar-refractivity contribution in [3.8, 4) is 11.5 Å². The van der Waals surface area contributed by atoms with Gasteiger partial charge in [-0.05, 0) is 24.3 Å². The second kappa shape index (κ2) is 9.78. The molecule has 2 heterocycles. The molecule has 10 heteroatoms. The number of hydrogen-bond donors (Lipinski definition) is 1. The van der Waals surface area contributed by atoms with Crippen LogP contribution in [-0.4, -0.2) is 27.1 Å². The van der Waals surface area contributed by atoms with Crippen molar-refractivity contribution in [2.45, 2.75) is 26.4 Å². The van der Waals surface area contributed by atoms with E-state index in [1.54, 1.807) is 30.3 Å². The molecule has 4 aromatic rings. The molecule has 2 aromatic heterocycles. The predicted molar refractivity (Wildman–Crippen MR) is 123 cm³/mol. The number of aromatic nitrogens is 3. The maximum absolute atomic E-state index is 13.6. The van der Waals surface area contributed by atoms with Gasteiger partial charge in [0, 0.05) is 23.7 Å². The lowest BCUT2D eigenvalue weighted by Crippen LogP contribution is -2.20. The van der Waals surface area contributed by atoms with Crippen LogP contribution in [0.1, 0.15) is 30.5 Å². The number of rotatable bonds is 8. The summed E-state index contributed by atoms with van der Waals surface area (Å²) in [6.07, 6.45) is 0. The number of carbonyl (C=O) groups excluding carboxylic acids is 1. The summed E-state index contributed by atoms with van der Waals surface area (Å²) in [4.78, 5) is 29.5. The van der Waals surface area contributed by atoms with Gasteiger partial charge in [-0.15, -0.1) is 0 Å². The number of ether oxygens (including phenoxy) is 2. The Morgan fingerprint density at radius 1 is 1.15 bits per heavy atom. The number of nitrogens with one attached hydrogen (secondary N) is 1. The van der Waals surface area contributed by atoms with E-state index >= 15 is 0 Å². The van der Waals surface area contributed by atoms with Crippen LogP contribution >= 0.6 is 11.3 Å². The van der Waals surface area contributed by atoms with Crippen LogP contribution in [0.15, 0.2) is 59.4 Å². The zero-order valence-electron chi connectivity index (χ0n) is 17.9. The van der Waals surface area contributed by atoms with Gasteiger partial charge in [0.2, 0.25) is 4.96 Å². The fourth-order valence-electron chi connectivity index (χ4n) is 2.90. The SMILES string of the molecule is CC(C)c1nn2c(=O)cc(COc3cccc(NC(=O)COc4ccccc4F)c3)nc2s1. The Hall–Kier alpha value is -3.79. The molecule has 8 nitrogen and oxygen atoms in total. The smallest absolute Gasteiger partial charge is 0.275 e. The first-order chi connectivity index (χ1) is 15.9. The van der Waals surface area contributed by atoms with Crippen molar-refractivity contribution in [2.75, 3.05) is 11.9 Å². The van der Waals surface area contributed by atoms with Gasteiger partial charge in [0.25, 0.3) is 11.5 Å². The summed E-state index contributed by atoms with van der Waals surface area (Å²) in [7, 11) is 0. The number of para-hydroxylation sites is 1. The molecule has 4 rings (SSSR count). The molecule has 0 unspecified atom stereocenters. The van der Waals surface area contributed by atoms with Crippen LogP contribution in [0.3, 0.4) is 0 Å². The topological polar surface area (TPSA) is 94.8 Å². The lowest BCUT2D eigenvalue weighted by molar-refractivity contribution is -0.118.